The molecule has 7 heteroatoms. The Morgan fingerprint density at radius 3 is 2.61 bits per heavy atom. The number of rotatable bonds is 6. The molecule has 0 N–H and O–H groups in total. The van der Waals surface area contributed by atoms with Crippen molar-refractivity contribution in [1.29, 1.82) is 0 Å². The summed E-state index contributed by atoms with van der Waals surface area (Å²) in [6.45, 7) is 3.16. The predicted octanol–water partition coefficient (Wildman–Crippen LogP) is 3.14. The number of aryl methyl sites for hydroxylation is 1. The van der Waals surface area contributed by atoms with E-state index in [2.05, 4.69) is 20.4 Å². The van der Waals surface area contributed by atoms with Crippen molar-refractivity contribution in [3.63, 3.8) is 0 Å². The zero-order chi connectivity index (χ0) is 16.2. The van der Waals surface area contributed by atoms with Crippen LogP contribution in [0.2, 0.25) is 0 Å². The van der Waals surface area contributed by atoms with Crippen molar-refractivity contribution in [3.8, 4) is 16.3 Å². The Bertz CT molecular complexity index is 766. The summed E-state index contributed by atoms with van der Waals surface area (Å²) in [6, 6.07) is 7.93. The molecule has 3 rings (SSSR count). The Balaban J connectivity index is 1.64. The minimum Gasteiger partial charge on any atom is -0.497 e. The third kappa shape index (κ3) is 3.94. The molecule has 0 unspecified atom stereocenters. The zero-order valence-electron chi connectivity index (χ0n) is 13.3. The van der Waals surface area contributed by atoms with E-state index in [0.717, 1.165) is 28.6 Å². The van der Waals surface area contributed by atoms with Crippen LogP contribution in [0.5, 0.6) is 5.75 Å². The van der Waals surface area contributed by atoms with E-state index in [1.54, 1.807) is 25.4 Å². The minimum atomic E-state index is 0.587. The van der Waals surface area contributed by atoms with Crippen LogP contribution in [0.25, 0.3) is 10.6 Å². The van der Waals surface area contributed by atoms with E-state index in [9.17, 15) is 0 Å². The Morgan fingerprint density at radius 2 is 1.96 bits per heavy atom. The highest BCUT2D eigenvalue weighted by Gasteiger charge is 2.10. The molecule has 120 valence electrons. The van der Waals surface area contributed by atoms with Gasteiger partial charge in [-0.25, -0.2) is 4.98 Å². The molecule has 2 aromatic heterocycles. The molecule has 0 aliphatic carbocycles. The van der Waals surface area contributed by atoms with Gasteiger partial charge in [0.05, 0.1) is 19.3 Å². The van der Waals surface area contributed by atoms with Gasteiger partial charge in [0.2, 0.25) is 5.89 Å². The average molecular weight is 330 g/mol. The van der Waals surface area contributed by atoms with Crippen LogP contribution in [0.3, 0.4) is 0 Å². The third-order valence-electron chi connectivity index (χ3n) is 3.30. The SMILES string of the molecule is COc1ccc(-c2nc(CN(C)Cc3noc(C)n3)cs2)cc1. The van der Waals surface area contributed by atoms with Gasteiger partial charge < -0.3 is 9.26 Å². The topological polar surface area (TPSA) is 64.3 Å². The monoisotopic (exact) mass is 330 g/mol. The number of hydrogen-bond acceptors (Lipinski definition) is 7. The van der Waals surface area contributed by atoms with Crippen molar-refractivity contribution < 1.29 is 9.26 Å². The molecule has 0 radical (unpaired) electrons. The minimum absolute atomic E-state index is 0.587. The highest BCUT2D eigenvalue weighted by Crippen LogP contribution is 2.26. The van der Waals surface area contributed by atoms with E-state index >= 15 is 0 Å². The number of hydrogen-bond donors (Lipinski definition) is 0. The summed E-state index contributed by atoms with van der Waals surface area (Å²) in [5.41, 5.74) is 2.13. The van der Waals surface area contributed by atoms with Gasteiger partial charge in [-0.2, -0.15) is 4.98 Å². The first-order chi connectivity index (χ1) is 11.1. The molecule has 0 aliphatic rings. The number of ether oxygens (including phenoxy) is 1. The van der Waals surface area contributed by atoms with E-state index in [-0.39, 0.29) is 0 Å². The van der Waals surface area contributed by atoms with Crippen molar-refractivity contribution >= 4 is 11.3 Å². The normalized spacial score (nSPS) is 11.1. The Kier molecular flexibility index (Phi) is 4.68. The van der Waals surface area contributed by atoms with Gasteiger partial charge >= 0.3 is 0 Å². The number of benzene rings is 1. The lowest BCUT2D eigenvalue weighted by Gasteiger charge is -2.12. The van der Waals surface area contributed by atoms with Gasteiger partial charge in [0.1, 0.15) is 10.8 Å². The van der Waals surface area contributed by atoms with Crippen LogP contribution < -0.4 is 4.74 Å². The van der Waals surface area contributed by atoms with Crippen LogP contribution >= 0.6 is 11.3 Å². The molecule has 0 saturated carbocycles. The summed E-state index contributed by atoms with van der Waals surface area (Å²) in [5.74, 6) is 2.13. The van der Waals surface area contributed by atoms with Gasteiger partial charge in [-0.3, -0.25) is 4.90 Å². The highest BCUT2D eigenvalue weighted by atomic mass is 32.1. The average Bonchev–Trinajstić information content (AvgIpc) is 3.16. The van der Waals surface area contributed by atoms with E-state index in [1.807, 2.05) is 31.3 Å². The first-order valence-corrected chi connectivity index (χ1v) is 8.08. The number of thiazole rings is 1. The molecule has 0 atom stereocenters. The molecule has 0 amide bonds. The van der Waals surface area contributed by atoms with E-state index in [0.29, 0.717) is 18.3 Å². The van der Waals surface area contributed by atoms with Crippen LogP contribution in [-0.4, -0.2) is 34.2 Å². The number of aromatic nitrogens is 3. The fraction of sp³-hybridized carbons (Fsp3) is 0.312. The Morgan fingerprint density at radius 1 is 1.17 bits per heavy atom. The van der Waals surface area contributed by atoms with Crippen LogP contribution in [0.15, 0.2) is 34.2 Å². The number of methoxy groups -OCH3 is 1. The summed E-state index contributed by atoms with van der Waals surface area (Å²) in [5, 5.41) is 7.00. The quantitative estimate of drug-likeness (QED) is 0.692. The molecule has 0 spiro atoms. The maximum atomic E-state index is 5.18. The summed E-state index contributed by atoms with van der Waals surface area (Å²) >= 11 is 1.64. The van der Waals surface area contributed by atoms with Crippen LogP contribution in [0, 0.1) is 6.92 Å². The molecule has 6 nitrogen and oxygen atoms in total. The molecule has 2 heterocycles. The predicted molar refractivity (Wildman–Crippen MR) is 88.3 cm³/mol. The van der Waals surface area contributed by atoms with Gasteiger partial charge in [0, 0.05) is 24.4 Å². The molecule has 3 aromatic rings. The van der Waals surface area contributed by atoms with Gasteiger partial charge in [-0.15, -0.1) is 11.3 Å². The first-order valence-electron chi connectivity index (χ1n) is 7.20. The van der Waals surface area contributed by atoms with Crippen molar-refractivity contribution in [2.75, 3.05) is 14.2 Å². The largest absolute Gasteiger partial charge is 0.497 e. The van der Waals surface area contributed by atoms with Crippen LogP contribution in [0.4, 0.5) is 0 Å². The van der Waals surface area contributed by atoms with Crippen molar-refractivity contribution in [2.24, 2.45) is 0 Å². The standard InChI is InChI=1S/C16H18N4O2S/c1-11-17-15(19-22-11)9-20(2)8-13-10-23-16(18-13)12-4-6-14(21-3)7-5-12/h4-7,10H,8-9H2,1-3H3. The van der Waals surface area contributed by atoms with Gasteiger partial charge in [0.25, 0.3) is 0 Å². The smallest absolute Gasteiger partial charge is 0.223 e. The molecule has 0 aliphatic heterocycles. The van der Waals surface area contributed by atoms with Crippen molar-refractivity contribution in [3.05, 3.63) is 47.1 Å². The molecular weight excluding hydrogens is 312 g/mol. The number of nitrogens with zero attached hydrogens (tertiary/aromatic N) is 4. The Hall–Kier alpha value is -2.25. The van der Waals surface area contributed by atoms with Gasteiger partial charge in [0.15, 0.2) is 5.82 Å². The van der Waals surface area contributed by atoms with E-state index < -0.39 is 0 Å². The molecule has 0 bridgehead atoms. The van der Waals surface area contributed by atoms with Gasteiger partial charge in [-0.05, 0) is 31.3 Å². The maximum Gasteiger partial charge on any atom is 0.223 e. The maximum absolute atomic E-state index is 5.18. The van der Waals surface area contributed by atoms with Crippen LogP contribution in [-0.2, 0) is 13.1 Å². The van der Waals surface area contributed by atoms with Gasteiger partial charge in [-0.1, -0.05) is 5.16 Å². The highest BCUT2D eigenvalue weighted by molar-refractivity contribution is 7.13. The summed E-state index contributed by atoms with van der Waals surface area (Å²) < 4.78 is 10.2. The molecule has 1 aromatic carbocycles. The first kappa shape index (κ1) is 15.6. The zero-order valence-corrected chi connectivity index (χ0v) is 14.1. The lowest BCUT2D eigenvalue weighted by atomic mass is 10.2. The second-order valence-electron chi connectivity index (χ2n) is 5.27. The lowest BCUT2D eigenvalue weighted by molar-refractivity contribution is 0.298. The fourth-order valence-corrected chi connectivity index (χ4v) is 3.04. The van der Waals surface area contributed by atoms with E-state index in [1.165, 1.54) is 0 Å². The fourth-order valence-electron chi connectivity index (χ4n) is 2.23. The van der Waals surface area contributed by atoms with Crippen molar-refractivity contribution in [1.82, 2.24) is 20.0 Å². The molecule has 0 fully saturated rings. The summed E-state index contributed by atoms with van der Waals surface area (Å²) in [6.07, 6.45) is 0. The third-order valence-corrected chi connectivity index (χ3v) is 4.24. The summed E-state index contributed by atoms with van der Waals surface area (Å²) in [4.78, 5) is 11.0. The Labute approximate surface area is 138 Å². The van der Waals surface area contributed by atoms with Crippen molar-refractivity contribution in [2.45, 2.75) is 20.0 Å². The molecule has 0 saturated heterocycles. The second kappa shape index (κ2) is 6.89. The molecular formula is C16H18N4O2S. The molecule has 23 heavy (non-hydrogen) atoms. The van der Waals surface area contributed by atoms with Crippen LogP contribution in [0.1, 0.15) is 17.4 Å². The second-order valence-corrected chi connectivity index (χ2v) is 6.13. The van der Waals surface area contributed by atoms with E-state index in [4.69, 9.17) is 14.2 Å². The lowest BCUT2D eigenvalue weighted by Crippen LogP contribution is -2.18. The summed E-state index contributed by atoms with van der Waals surface area (Å²) in [7, 11) is 3.68.